The minimum Gasteiger partial charge on any atom is -0.506 e. The zero-order valence-corrected chi connectivity index (χ0v) is 12.4. The van der Waals surface area contributed by atoms with Gasteiger partial charge in [0, 0.05) is 17.4 Å². The first kappa shape index (κ1) is 14.4. The average molecular weight is 300 g/mol. The molecule has 0 fully saturated rings. The van der Waals surface area contributed by atoms with Crippen molar-refractivity contribution in [2.75, 3.05) is 7.11 Å². The Morgan fingerprint density at radius 1 is 1.23 bits per heavy atom. The van der Waals surface area contributed by atoms with Gasteiger partial charge < -0.3 is 14.9 Å². The summed E-state index contributed by atoms with van der Waals surface area (Å²) in [5.74, 6) is -0.281. The maximum atomic E-state index is 12.2. The average Bonchev–Trinajstić information content (AvgIpc) is 2.47. The number of benzene rings is 2. The summed E-state index contributed by atoms with van der Waals surface area (Å²) in [7, 11) is 1.49. The highest BCUT2D eigenvalue weighted by Crippen LogP contribution is 2.47. The highest BCUT2D eigenvalue weighted by molar-refractivity contribution is 6.12. The first-order chi connectivity index (χ1) is 10.5. The normalized spacial score (nSPS) is 14.0. The molecule has 1 aliphatic carbocycles. The second-order valence-electron chi connectivity index (χ2n) is 5.51. The summed E-state index contributed by atoms with van der Waals surface area (Å²) in [6.45, 7) is 1.70. The van der Waals surface area contributed by atoms with Crippen molar-refractivity contribution >= 4 is 22.8 Å². The molecule has 2 N–H and O–H groups in total. The van der Waals surface area contributed by atoms with Gasteiger partial charge >= 0.3 is 0 Å². The Morgan fingerprint density at radius 3 is 2.59 bits per heavy atom. The number of carbonyl (C=O) groups excluding carboxylic acids is 2. The molecule has 2 aromatic rings. The standard InChI is InChI=1S/C17H16O5/c1-8-6-10-14(15(20)11(8)7-18)16(21)13-9(17(10)22-2)4-3-5-12(13)19/h6-7,20-21H,3-5H2,1-2H3. The third-order valence-electron chi connectivity index (χ3n) is 4.27. The number of rotatable bonds is 2. The highest BCUT2D eigenvalue weighted by Gasteiger charge is 2.29. The highest BCUT2D eigenvalue weighted by atomic mass is 16.5. The molecule has 5 nitrogen and oxygen atoms in total. The van der Waals surface area contributed by atoms with Crippen molar-refractivity contribution in [3.8, 4) is 17.2 Å². The van der Waals surface area contributed by atoms with Gasteiger partial charge in [-0.05, 0) is 31.4 Å². The first-order valence-corrected chi connectivity index (χ1v) is 7.07. The van der Waals surface area contributed by atoms with Crippen molar-refractivity contribution in [3.05, 3.63) is 28.3 Å². The largest absolute Gasteiger partial charge is 0.506 e. The topological polar surface area (TPSA) is 83.8 Å². The van der Waals surface area contributed by atoms with E-state index in [1.54, 1.807) is 13.0 Å². The van der Waals surface area contributed by atoms with Gasteiger partial charge in [0.05, 0.1) is 23.6 Å². The van der Waals surface area contributed by atoms with Gasteiger partial charge in [-0.2, -0.15) is 0 Å². The van der Waals surface area contributed by atoms with E-state index in [0.717, 1.165) is 0 Å². The van der Waals surface area contributed by atoms with Gasteiger partial charge in [0.2, 0.25) is 0 Å². The summed E-state index contributed by atoms with van der Waals surface area (Å²) in [4.78, 5) is 23.4. The summed E-state index contributed by atoms with van der Waals surface area (Å²) in [5, 5.41) is 21.5. The SMILES string of the molecule is COc1c2c(c(O)c3c(O)c(C=O)c(C)cc13)C(=O)CCC2. The molecule has 5 heteroatoms. The predicted molar refractivity (Wildman–Crippen MR) is 81.2 cm³/mol. The Balaban J connectivity index is 2.56. The smallest absolute Gasteiger partial charge is 0.167 e. The van der Waals surface area contributed by atoms with E-state index < -0.39 is 0 Å². The molecule has 0 unspecified atom stereocenters. The molecule has 114 valence electrons. The number of phenols is 2. The van der Waals surface area contributed by atoms with Gasteiger partial charge in [0.1, 0.15) is 17.2 Å². The van der Waals surface area contributed by atoms with Crippen molar-refractivity contribution in [1.82, 2.24) is 0 Å². The van der Waals surface area contributed by atoms with Gasteiger partial charge in [-0.25, -0.2) is 0 Å². The number of hydrogen-bond donors (Lipinski definition) is 2. The minimum atomic E-state index is -0.318. The molecule has 0 atom stereocenters. The monoisotopic (exact) mass is 300 g/mol. The van der Waals surface area contributed by atoms with Crippen LogP contribution in [0.3, 0.4) is 0 Å². The summed E-state index contributed by atoms with van der Waals surface area (Å²) in [6, 6.07) is 1.69. The molecule has 0 radical (unpaired) electrons. The fourth-order valence-electron chi connectivity index (χ4n) is 3.25. The van der Waals surface area contributed by atoms with Crippen molar-refractivity contribution in [1.29, 1.82) is 0 Å². The number of aldehydes is 1. The van der Waals surface area contributed by atoms with E-state index >= 15 is 0 Å². The molecule has 0 aromatic heterocycles. The van der Waals surface area contributed by atoms with Crippen molar-refractivity contribution in [3.63, 3.8) is 0 Å². The van der Waals surface area contributed by atoms with Crippen LogP contribution in [-0.4, -0.2) is 29.4 Å². The van der Waals surface area contributed by atoms with E-state index in [1.807, 2.05) is 0 Å². The Bertz CT molecular complexity index is 820. The molecule has 22 heavy (non-hydrogen) atoms. The van der Waals surface area contributed by atoms with Crippen LogP contribution < -0.4 is 4.74 Å². The van der Waals surface area contributed by atoms with Crippen LogP contribution in [0.15, 0.2) is 6.07 Å². The van der Waals surface area contributed by atoms with E-state index in [9.17, 15) is 19.8 Å². The molecule has 0 saturated heterocycles. The molecular formula is C17H16O5. The van der Waals surface area contributed by atoms with Crippen LogP contribution >= 0.6 is 0 Å². The minimum absolute atomic E-state index is 0.0959. The molecule has 2 aromatic carbocycles. The van der Waals surface area contributed by atoms with Crippen molar-refractivity contribution in [2.45, 2.75) is 26.2 Å². The van der Waals surface area contributed by atoms with Crippen LogP contribution in [0.2, 0.25) is 0 Å². The number of aromatic hydroxyl groups is 2. The lowest BCUT2D eigenvalue weighted by Crippen LogP contribution is -2.13. The van der Waals surface area contributed by atoms with Crippen LogP contribution in [0, 0.1) is 6.92 Å². The van der Waals surface area contributed by atoms with Crippen LogP contribution in [0.1, 0.15) is 44.7 Å². The van der Waals surface area contributed by atoms with E-state index in [0.29, 0.717) is 47.8 Å². The third kappa shape index (κ3) is 1.78. The lowest BCUT2D eigenvalue weighted by Gasteiger charge is -2.22. The van der Waals surface area contributed by atoms with Gasteiger partial charge in [-0.15, -0.1) is 0 Å². The molecule has 3 rings (SSSR count). The van der Waals surface area contributed by atoms with E-state index in [2.05, 4.69) is 0 Å². The molecule has 0 heterocycles. The van der Waals surface area contributed by atoms with E-state index in [4.69, 9.17) is 4.74 Å². The predicted octanol–water partition coefficient (Wildman–Crippen LogP) is 2.90. The summed E-state index contributed by atoms with van der Waals surface area (Å²) >= 11 is 0. The second-order valence-corrected chi connectivity index (χ2v) is 5.51. The lowest BCUT2D eigenvalue weighted by atomic mass is 9.85. The molecule has 0 saturated carbocycles. The zero-order chi connectivity index (χ0) is 16.0. The van der Waals surface area contributed by atoms with Gasteiger partial charge in [0.15, 0.2) is 12.1 Å². The Hall–Kier alpha value is -2.56. The Kier molecular flexibility index (Phi) is 3.28. The molecule has 0 spiro atoms. The number of ether oxygens (including phenoxy) is 1. The molecule has 1 aliphatic rings. The summed E-state index contributed by atoms with van der Waals surface area (Å²) in [6.07, 6.45) is 2.22. The van der Waals surface area contributed by atoms with Crippen molar-refractivity contribution < 1.29 is 24.5 Å². The Labute approximate surface area is 127 Å². The van der Waals surface area contributed by atoms with E-state index in [-0.39, 0.29) is 33.8 Å². The summed E-state index contributed by atoms with van der Waals surface area (Å²) < 4.78 is 5.45. The fourth-order valence-corrected chi connectivity index (χ4v) is 3.25. The van der Waals surface area contributed by atoms with Crippen LogP contribution in [0.25, 0.3) is 10.8 Å². The molecule has 0 bridgehead atoms. The number of Topliss-reactive ketones (excluding diaryl/α,β-unsaturated/α-hetero) is 1. The molecular weight excluding hydrogens is 284 g/mol. The number of carbonyl (C=O) groups is 2. The number of phenolic OH excluding ortho intramolecular Hbond substituents is 2. The number of ketones is 1. The lowest BCUT2D eigenvalue weighted by molar-refractivity contribution is 0.0969. The number of methoxy groups -OCH3 is 1. The second kappa shape index (κ2) is 5.02. The third-order valence-corrected chi connectivity index (χ3v) is 4.27. The number of hydrogen-bond acceptors (Lipinski definition) is 5. The number of fused-ring (bicyclic) bond motifs is 2. The zero-order valence-electron chi connectivity index (χ0n) is 12.4. The summed E-state index contributed by atoms with van der Waals surface area (Å²) in [5.41, 5.74) is 1.56. The quantitative estimate of drug-likeness (QED) is 0.833. The van der Waals surface area contributed by atoms with Gasteiger partial charge in [0.25, 0.3) is 0 Å². The van der Waals surface area contributed by atoms with Gasteiger partial charge in [-0.1, -0.05) is 0 Å². The van der Waals surface area contributed by atoms with Crippen molar-refractivity contribution in [2.24, 2.45) is 0 Å². The maximum Gasteiger partial charge on any atom is 0.167 e. The molecule has 0 aliphatic heterocycles. The van der Waals surface area contributed by atoms with Crippen LogP contribution in [0.5, 0.6) is 17.2 Å². The van der Waals surface area contributed by atoms with Crippen LogP contribution in [-0.2, 0) is 6.42 Å². The Morgan fingerprint density at radius 2 is 1.95 bits per heavy atom. The first-order valence-electron chi connectivity index (χ1n) is 7.07. The van der Waals surface area contributed by atoms with Crippen LogP contribution in [0.4, 0.5) is 0 Å². The maximum absolute atomic E-state index is 12.2. The van der Waals surface area contributed by atoms with Gasteiger partial charge in [-0.3, -0.25) is 9.59 Å². The number of aryl methyl sites for hydroxylation is 1. The molecule has 0 amide bonds. The fraction of sp³-hybridized carbons (Fsp3) is 0.294. The van der Waals surface area contributed by atoms with E-state index in [1.165, 1.54) is 7.11 Å².